The molecule has 1 aliphatic heterocycles. The Labute approximate surface area is 117 Å². The van der Waals surface area contributed by atoms with Gasteiger partial charge in [-0.15, -0.1) is 0 Å². The van der Waals surface area contributed by atoms with Crippen LogP contribution in [-0.2, 0) is 11.3 Å². The van der Waals surface area contributed by atoms with E-state index in [4.69, 9.17) is 27.9 Å². The van der Waals surface area contributed by atoms with E-state index in [0.29, 0.717) is 49.2 Å². The summed E-state index contributed by atoms with van der Waals surface area (Å²) in [5, 5.41) is 14.9. The van der Waals surface area contributed by atoms with Gasteiger partial charge in [0.2, 0.25) is 0 Å². The first kappa shape index (κ1) is 14.1. The van der Waals surface area contributed by atoms with Crippen LogP contribution in [0.25, 0.3) is 0 Å². The minimum absolute atomic E-state index is 0.541. The summed E-state index contributed by atoms with van der Waals surface area (Å²) in [6.45, 7) is 2.38. The molecule has 2 N–H and O–H groups in total. The Morgan fingerprint density at radius 1 is 1.28 bits per heavy atom. The summed E-state index contributed by atoms with van der Waals surface area (Å²) >= 11 is 12.0. The Hall–Kier alpha value is -0.320. The molecule has 1 aliphatic rings. The topological polar surface area (TPSA) is 41.5 Å². The first-order chi connectivity index (χ1) is 8.59. The van der Waals surface area contributed by atoms with E-state index in [-0.39, 0.29) is 0 Å². The second kappa shape index (κ2) is 6.22. The number of rotatable bonds is 4. The van der Waals surface area contributed by atoms with Gasteiger partial charge in [0.05, 0.1) is 5.60 Å². The van der Waals surface area contributed by atoms with Gasteiger partial charge in [0.25, 0.3) is 0 Å². The molecule has 0 amide bonds. The van der Waals surface area contributed by atoms with Crippen LogP contribution in [0.4, 0.5) is 0 Å². The summed E-state index contributed by atoms with van der Waals surface area (Å²) < 4.78 is 5.24. The lowest BCUT2D eigenvalue weighted by molar-refractivity contribution is -0.0617. The van der Waals surface area contributed by atoms with Crippen LogP contribution in [0.2, 0.25) is 10.0 Å². The Balaban J connectivity index is 1.86. The van der Waals surface area contributed by atoms with Crippen LogP contribution in [0, 0.1) is 0 Å². The van der Waals surface area contributed by atoms with E-state index in [1.165, 1.54) is 0 Å². The number of halogens is 2. The predicted molar refractivity (Wildman–Crippen MR) is 73.2 cm³/mol. The van der Waals surface area contributed by atoms with Crippen molar-refractivity contribution in [3.8, 4) is 0 Å². The Bertz CT molecular complexity index is 406. The maximum atomic E-state index is 10.3. The second-order valence-electron chi connectivity index (χ2n) is 4.68. The van der Waals surface area contributed by atoms with Crippen LogP contribution < -0.4 is 5.32 Å². The van der Waals surface area contributed by atoms with Crippen molar-refractivity contribution in [1.29, 1.82) is 0 Å². The third-order valence-electron chi connectivity index (χ3n) is 3.20. The zero-order chi connectivity index (χ0) is 13.0. The van der Waals surface area contributed by atoms with Crippen LogP contribution in [0.5, 0.6) is 0 Å². The zero-order valence-corrected chi connectivity index (χ0v) is 11.6. The standard InChI is InChI=1S/C13H17Cl2NO2/c14-11-1-2-12(15)10(7-11)8-16-9-13(17)3-5-18-6-4-13/h1-2,7,16-17H,3-6,8-9H2. The van der Waals surface area contributed by atoms with E-state index in [1.54, 1.807) is 12.1 Å². The van der Waals surface area contributed by atoms with Crippen molar-refractivity contribution < 1.29 is 9.84 Å². The number of hydrogen-bond donors (Lipinski definition) is 2. The molecule has 0 aliphatic carbocycles. The quantitative estimate of drug-likeness (QED) is 0.895. The molecule has 0 unspecified atom stereocenters. The lowest BCUT2D eigenvalue weighted by Crippen LogP contribution is -2.44. The highest BCUT2D eigenvalue weighted by molar-refractivity contribution is 6.33. The van der Waals surface area contributed by atoms with Crippen molar-refractivity contribution in [1.82, 2.24) is 5.32 Å². The average Bonchev–Trinajstić information content (AvgIpc) is 2.34. The number of aliphatic hydroxyl groups is 1. The van der Waals surface area contributed by atoms with Gasteiger partial charge in [-0.25, -0.2) is 0 Å². The molecule has 1 saturated heterocycles. The van der Waals surface area contributed by atoms with Crippen LogP contribution >= 0.6 is 23.2 Å². The molecule has 0 spiro atoms. The third-order valence-corrected chi connectivity index (χ3v) is 3.80. The van der Waals surface area contributed by atoms with Crippen molar-refractivity contribution in [2.45, 2.75) is 25.0 Å². The Morgan fingerprint density at radius 3 is 2.72 bits per heavy atom. The van der Waals surface area contributed by atoms with Crippen molar-refractivity contribution in [3.05, 3.63) is 33.8 Å². The monoisotopic (exact) mass is 289 g/mol. The van der Waals surface area contributed by atoms with E-state index in [9.17, 15) is 5.11 Å². The van der Waals surface area contributed by atoms with Crippen molar-refractivity contribution in [3.63, 3.8) is 0 Å². The molecule has 1 aromatic carbocycles. The van der Waals surface area contributed by atoms with Gasteiger partial charge in [-0.1, -0.05) is 23.2 Å². The molecular weight excluding hydrogens is 273 g/mol. The number of nitrogens with one attached hydrogen (secondary N) is 1. The highest BCUT2D eigenvalue weighted by Crippen LogP contribution is 2.22. The van der Waals surface area contributed by atoms with E-state index in [2.05, 4.69) is 5.32 Å². The molecule has 0 radical (unpaired) electrons. The molecule has 1 fully saturated rings. The Morgan fingerprint density at radius 2 is 2.00 bits per heavy atom. The second-order valence-corrected chi connectivity index (χ2v) is 5.52. The maximum absolute atomic E-state index is 10.3. The summed E-state index contributed by atoms with van der Waals surface area (Å²) in [5.74, 6) is 0. The molecule has 1 aromatic rings. The normalized spacial score (nSPS) is 18.8. The maximum Gasteiger partial charge on any atom is 0.0815 e. The summed E-state index contributed by atoms with van der Waals surface area (Å²) in [4.78, 5) is 0. The smallest absolute Gasteiger partial charge is 0.0815 e. The van der Waals surface area contributed by atoms with Gasteiger partial charge in [0, 0.05) is 49.2 Å². The molecule has 0 aromatic heterocycles. The van der Waals surface area contributed by atoms with Gasteiger partial charge in [-0.05, 0) is 23.8 Å². The Kier molecular flexibility index (Phi) is 4.87. The lowest BCUT2D eigenvalue weighted by atomic mass is 9.94. The predicted octanol–water partition coefficient (Wildman–Crippen LogP) is 2.62. The fraction of sp³-hybridized carbons (Fsp3) is 0.538. The number of ether oxygens (including phenoxy) is 1. The molecule has 18 heavy (non-hydrogen) atoms. The summed E-state index contributed by atoms with van der Waals surface area (Å²) in [6, 6.07) is 5.38. The molecule has 100 valence electrons. The van der Waals surface area contributed by atoms with Crippen LogP contribution in [0.15, 0.2) is 18.2 Å². The number of hydrogen-bond acceptors (Lipinski definition) is 3. The molecule has 5 heteroatoms. The van der Waals surface area contributed by atoms with Crippen molar-refractivity contribution in [2.75, 3.05) is 19.8 Å². The van der Waals surface area contributed by atoms with E-state index in [1.807, 2.05) is 6.07 Å². The molecule has 3 nitrogen and oxygen atoms in total. The largest absolute Gasteiger partial charge is 0.388 e. The molecule has 0 saturated carbocycles. The van der Waals surface area contributed by atoms with E-state index < -0.39 is 5.60 Å². The highest BCUT2D eigenvalue weighted by atomic mass is 35.5. The summed E-state index contributed by atoms with van der Waals surface area (Å²) in [7, 11) is 0. The molecular formula is C13H17Cl2NO2. The van der Waals surface area contributed by atoms with E-state index in [0.717, 1.165) is 5.56 Å². The van der Waals surface area contributed by atoms with Gasteiger partial charge >= 0.3 is 0 Å². The molecule has 0 atom stereocenters. The van der Waals surface area contributed by atoms with Crippen molar-refractivity contribution in [2.24, 2.45) is 0 Å². The van der Waals surface area contributed by atoms with Crippen LogP contribution in [0.1, 0.15) is 18.4 Å². The minimum Gasteiger partial charge on any atom is -0.388 e. The van der Waals surface area contributed by atoms with Crippen molar-refractivity contribution >= 4 is 23.2 Å². The van der Waals surface area contributed by atoms with Gasteiger partial charge in [0.15, 0.2) is 0 Å². The van der Waals surface area contributed by atoms with Gasteiger partial charge in [-0.3, -0.25) is 0 Å². The van der Waals surface area contributed by atoms with Gasteiger partial charge < -0.3 is 15.2 Å². The fourth-order valence-electron chi connectivity index (χ4n) is 2.04. The summed E-state index contributed by atoms with van der Waals surface area (Å²) in [6.07, 6.45) is 1.34. The highest BCUT2D eigenvalue weighted by Gasteiger charge is 2.29. The molecule has 2 rings (SSSR count). The van der Waals surface area contributed by atoms with Crippen LogP contribution in [-0.4, -0.2) is 30.5 Å². The fourth-order valence-corrected chi connectivity index (χ4v) is 2.42. The van der Waals surface area contributed by atoms with Gasteiger partial charge in [0.1, 0.15) is 0 Å². The summed E-state index contributed by atoms with van der Waals surface area (Å²) in [5.41, 5.74) is 0.281. The first-order valence-corrected chi connectivity index (χ1v) is 6.79. The lowest BCUT2D eigenvalue weighted by Gasteiger charge is -2.32. The van der Waals surface area contributed by atoms with Crippen LogP contribution in [0.3, 0.4) is 0 Å². The number of benzene rings is 1. The molecule has 1 heterocycles. The zero-order valence-electron chi connectivity index (χ0n) is 10.1. The van der Waals surface area contributed by atoms with Gasteiger partial charge in [-0.2, -0.15) is 0 Å². The third kappa shape index (κ3) is 3.84. The molecule has 0 bridgehead atoms. The first-order valence-electron chi connectivity index (χ1n) is 6.04. The SMILES string of the molecule is OC1(CNCc2cc(Cl)ccc2Cl)CCOCC1. The minimum atomic E-state index is -0.663. The van der Waals surface area contributed by atoms with E-state index >= 15 is 0 Å². The average molecular weight is 290 g/mol.